The zero-order valence-corrected chi connectivity index (χ0v) is 21.7. The Hall–Kier alpha value is -3.20. The largest absolute Gasteiger partial charge is 0.494 e. The van der Waals surface area contributed by atoms with Gasteiger partial charge in [0.25, 0.3) is 0 Å². The lowest BCUT2D eigenvalue weighted by Crippen LogP contribution is -2.44. The number of ether oxygens (including phenoxy) is 1. The monoisotopic (exact) mass is 507 g/mol. The second-order valence-corrected chi connectivity index (χ2v) is 10.0. The Morgan fingerprint density at radius 3 is 2.59 bits per heavy atom. The summed E-state index contributed by atoms with van der Waals surface area (Å²) in [5.74, 6) is -0.249. The third kappa shape index (κ3) is 7.64. The smallest absolute Gasteiger partial charge is 0.339 e. The number of nitrogens with one attached hydrogen (secondary N) is 1. The molecule has 2 aromatic carbocycles. The molecule has 0 bridgehead atoms. The van der Waals surface area contributed by atoms with Crippen molar-refractivity contribution in [2.24, 2.45) is 5.92 Å². The Bertz CT molecular complexity index is 1230. The number of hydroxylamine groups is 1. The van der Waals surface area contributed by atoms with Crippen molar-refractivity contribution < 1.29 is 19.2 Å². The molecule has 1 amide bonds. The molecule has 1 atom stereocenters. The first-order chi connectivity index (χ1) is 17.9. The van der Waals surface area contributed by atoms with E-state index in [4.69, 9.17) is 9.15 Å². The number of nitrogens with zero attached hydrogens (tertiary/aromatic N) is 2. The number of piperazine rings is 1. The summed E-state index contributed by atoms with van der Waals surface area (Å²) in [5, 5.41) is 10.1. The molecular formula is C29H37N3O5. The van der Waals surface area contributed by atoms with E-state index in [-0.39, 0.29) is 6.42 Å². The summed E-state index contributed by atoms with van der Waals surface area (Å²) in [5.41, 5.74) is 4.30. The molecule has 1 aromatic heterocycles. The first-order valence-electron chi connectivity index (χ1n) is 13.0. The Balaban J connectivity index is 1.28. The maximum absolute atomic E-state index is 12.5. The van der Waals surface area contributed by atoms with Crippen molar-refractivity contribution in [2.75, 3.05) is 46.4 Å². The molecule has 2 N–H and O–H groups in total. The van der Waals surface area contributed by atoms with Crippen molar-refractivity contribution in [3.63, 3.8) is 0 Å². The van der Waals surface area contributed by atoms with E-state index in [1.807, 2.05) is 49.4 Å². The van der Waals surface area contributed by atoms with E-state index >= 15 is 0 Å². The van der Waals surface area contributed by atoms with E-state index in [2.05, 4.69) is 16.8 Å². The van der Waals surface area contributed by atoms with Crippen LogP contribution in [0.4, 0.5) is 0 Å². The molecule has 0 aliphatic carbocycles. The summed E-state index contributed by atoms with van der Waals surface area (Å²) in [4.78, 5) is 29.7. The molecular weight excluding hydrogens is 470 g/mol. The minimum atomic E-state index is -0.568. The highest BCUT2D eigenvalue weighted by atomic mass is 16.5. The predicted molar refractivity (Wildman–Crippen MR) is 143 cm³/mol. The van der Waals surface area contributed by atoms with Crippen LogP contribution in [0.2, 0.25) is 0 Å². The van der Waals surface area contributed by atoms with Crippen molar-refractivity contribution in [1.82, 2.24) is 15.3 Å². The fourth-order valence-corrected chi connectivity index (χ4v) is 4.73. The molecule has 0 spiro atoms. The third-order valence-corrected chi connectivity index (χ3v) is 7.10. The van der Waals surface area contributed by atoms with E-state index < -0.39 is 17.5 Å². The van der Waals surface area contributed by atoms with Crippen molar-refractivity contribution in [3.8, 4) is 5.75 Å². The van der Waals surface area contributed by atoms with Gasteiger partial charge in [0.15, 0.2) is 0 Å². The molecule has 8 nitrogen and oxygen atoms in total. The zero-order chi connectivity index (χ0) is 26.2. The Morgan fingerprint density at radius 2 is 1.86 bits per heavy atom. The first kappa shape index (κ1) is 26.9. The lowest BCUT2D eigenvalue weighted by molar-refractivity contribution is -0.133. The van der Waals surface area contributed by atoms with Crippen LogP contribution in [0, 0.1) is 12.8 Å². The second-order valence-electron chi connectivity index (χ2n) is 10.0. The van der Waals surface area contributed by atoms with E-state index in [0.717, 1.165) is 61.4 Å². The van der Waals surface area contributed by atoms with Gasteiger partial charge in [-0.1, -0.05) is 24.3 Å². The van der Waals surface area contributed by atoms with Crippen LogP contribution in [0.5, 0.6) is 5.75 Å². The molecule has 1 aliphatic heterocycles. The number of fused-ring (bicyclic) bond motifs is 1. The zero-order valence-electron chi connectivity index (χ0n) is 21.7. The SMILES string of the molecule is Cc1ccc2cc(CC(CCc3ccc(OCCCN4CCN(C)CC4)cc3)C(=O)NO)c(=O)oc2c1. The molecule has 1 aliphatic rings. The Kier molecular flexibility index (Phi) is 9.33. The summed E-state index contributed by atoms with van der Waals surface area (Å²) in [7, 11) is 2.16. The summed E-state index contributed by atoms with van der Waals surface area (Å²) < 4.78 is 11.4. The van der Waals surface area contributed by atoms with Crippen LogP contribution in [0.15, 0.2) is 57.7 Å². The van der Waals surface area contributed by atoms with E-state index in [0.29, 0.717) is 30.6 Å². The highest BCUT2D eigenvalue weighted by Gasteiger charge is 2.21. The van der Waals surface area contributed by atoms with Crippen LogP contribution in [-0.4, -0.2) is 67.3 Å². The number of benzene rings is 2. The Labute approximate surface area is 217 Å². The average molecular weight is 508 g/mol. The van der Waals surface area contributed by atoms with Gasteiger partial charge in [0.05, 0.1) is 6.61 Å². The van der Waals surface area contributed by atoms with Gasteiger partial charge in [-0.2, -0.15) is 0 Å². The van der Waals surface area contributed by atoms with Gasteiger partial charge < -0.3 is 19.0 Å². The topological polar surface area (TPSA) is 95.3 Å². The van der Waals surface area contributed by atoms with Crippen LogP contribution in [-0.2, 0) is 17.6 Å². The third-order valence-electron chi connectivity index (χ3n) is 7.10. The predicted octanol–water partition coefficient (Wildman–Crippen LogP) is 3.41. The number of amides is 1. The molecule has 198 valence electrons. The molecule has 3 aromatic rings. The van der Waals surface area contributed by atoms with Gasteiger partial charge in [-0.05, 0) is 75.0 Å². The Morgan fingerprint density at radius 1 is 1.11 bits per heavy atom. The van der Waals surface area contributed by atoms with Crippen molar-refractivity contribution >= 4 is 16.9 Å². The maximum atomic E-state index is 12.5. The number of hydrogen-bond donors (Lipinski definition) is 2. The van der Waals surface area contributed by atoms with Crippen molar-refractivity contribution in [3.05, 3.63) is 75.6 Å². The fourth-order valence-electron chi connectivity index (χ4n) is 4.73. The van der Waals surface area contributed by atoms with Gasteiger partial charge in [0.2, 0.25) is 5.91 Å². The van der Waals surface area contributed by atoms with Gasteiger partial charge in [0, 0.05) is 49.6 Å². The number of carbonyl (C=O) groups is 1. The van der Waals surface area contributed by atoms with Gasteiger partial charge in [-0.15, -0.1) is 0 Å². The van der Waals surface area contributed by atoms with Crippen LogP contribution in [0.1, 0.15) is 29.5 Å². The van der Waals surface area contributed by atoms with Crippen molar-refractivity contribution in [1.29, 1.82) is 0 Å². The highest BCUT2D eigenvalue weighted by molar-refractivity contribution is 5.79. The first-order valence-corrected chi connectivity index (χ1v) is 13.0. The molecule has 0 saturated carbocycles. The molecule has 0 radical (unpaired) electrons. The summed E-state index contributed by atoms with van der Waals surface area (Å²) >= 11 is 0. The summed E-state index contributed by atoms with van der Waals surface area (Å²) in [6.07, 6.45) is 2.28. The quantitative estimate of drug-likeness (QED) is 0.178. The standard InChI is InChI=1S/C29H37N3O5/c1-21-4-8-23-19-25(29(34)37-27(23)18-21)20-24(28(33)30-35)9-5-22-6-10-26(11-7-22)36-17-3-12-32-15-13-31(2)14-16-32/h4,6-8,10-11,18-19,24,35H,3,5,9,12-17,20H2,1-2H3,(H,30,33). The highest BCUT2D eigenvalue weighted by Crippen LogP contribution is 2.20. The molecule has 4 rings (SSSR count). The van der Waals surface area contributed by atoms with Crippen LogP contribution in [0.25, 0.3) is 11.0 Å². The number of rotatable bonds is 11. The lowest BCUT2D eigenvalue weighted by atomic mass is 9.92. The number of hydrogen-bond acceptors (Lipinski definition) is 7. The fraction of sp³-hybridized carbons (Fsp3) is 0.448. The van der Waals surface area contributed by atoms with E-state index in [1.54, 1.807) is 11.5 Å². The minimum Gasteiger partial charge on any atom is -0.494 e. The van der Waals surface area contributed by atoms with Gasteiger partial charge in [-0.3, -0.25) is 10.0 Å². The van der Waals surface area contributed by atoms with Crippen molar-refractivity contribution in [2.45, 2.75) is 32.6 Å². The minimum absolute atomic E-state index is 0.188. The van der Waals surface area contributed by atoms with E-state index in [9.17, 15) is 14.8 Å². The van der Waals surface area contributed by atoms with Gasteiger partial charge >= 0.3 is 5.63 Å². The summed E-state index contributed by atoms with van der Waals surface area (Å²) in [6, 6.07) is 15.3. The van der Waals surface area contributed by atoms with Gasteiger partial charge in [-0.25, -0.2) is 10.3 Å². The normalized spacial score (nSPS) is 15.5. The molecule has 1 saturated heterocycles. The van der Waals surface area contributed by atoms with Crippen LogP contribution < -0.4 is 15.8 Å². The van der Waals surface area contributed by atoms with E-state index in [1.165, 1.54) is 0 Å². The molecule has 8 heteroatoms. The number of aryl methyl sites for hydroxylation is 2. The summed E-state index contributed by atoms with van der Waals surface area (Å²) in [6.45, 7) is 8.14. The maximum Gasteiger partial charge on any atom is 0.339 e. The molecule has 2 heterocycles. The molecule has 1 unspecified atom stereocenters. The number of carbonyl (C=O) groups excluding carboxylic acids is 1. The number of likely N-dealkylation sites (N-methyl/N-ethyl adjacent to an activating group) is 1. The second kappa shape index (κ2) is 12.9. The molecule has 1 fully saturated rings. The van der Waals surface area contributed by atoms with Gasteiger partial charge in [0.1, 0.15) is 11.3 Å². The molecule has 37 heavy (non-hydrogen) atoms. The lowest BCUT2D eigenvalue weighted by Gasteiger charge is -2.32. The van der Waals surface area contributed by atoms with Crippen LogP contribution in [0.3, 0.4) is 0 Å². The van der Waals surface area contributed by atoms with Crippen LogP contribution >= 0.6 is 0 Å². The average Bonchev–Trinajstić information content (AvgIpc) is 2.90.